The molecule has 0 radical (unpaired) electrons. The summed E-state index contributed by atoms with van der Waals surface area (Å²) >= 11 is 0. The number of rotatable bonds is 5. The van der Waals surface area contributed by atoms with E-state index in [1.165, 1.54) is 5.56 Å². The van der Waals surface area contributed by atoms with E-state index in [-0.39, 0.29) is 6.04 Å². The summed E-state index contributed by atoms with van der Waals surface area (Å²) in [6, 6.07) is 7.42. The van der Waals surface area contributed by atoms with E-state index in [1.807, 2.05) is 12.1 Å². The molecule has 19 heavy (non-hydrogen) atoms. The van der Waals surface area contributed by atoms with Crippen molar-refractivity contribution in [1.82, 2.24) is 4.72 Å². The summed E-state index contributed by atoms with van der Waals surface area (Å²) in [6.07, 6.45) is 5.24. The molecule has 0 saturated heterocycles. The van der Waals surface area contributed by atoms with Gasteiger partial charge in [-0.15, -0.1) is 0 Å². The van der Waals surface area contributed by atoms with Crippen LogP contribution in [0.5, 0.6) is 0 Å². The van der Waals surface area contributed by atoms with Crippen LogP contribution in [0.15, 0.2) is 29.2 Å². The lowest BCUT2D eigenvalue weighted by atomic mass is 9.99. The minimum atomic E-state index is -3.34. The molecule has 0 heterocycles. The van der Waals surface area contributed by atoms with Crippen LogP contribution in [-0.2, 0) is 10.0 Å². The lowest BCUT2D eigenvalue weighted by Gasteiger charge is -2.14. The predicted octanol–water partition coefficient (Wildman–Crippen LogP) is 3.42. The summed E-state index contributed by atoms with van der Waals surface area (Å²) in [7, 11) is -3.34. The van der Waals surface area contributed by atoms with Gasteiger partial charge in [-0.3, -0.25) is 0 Å². The van der Waals surface area contributed by atoms with Crippen LogP contribution >= 0.6 is 0 Å². The standard InChI is InChI=1S/C15H23NO2S/c1-3-12(2)13-8-10-15(11-9-13)19(17,18)16-14-6-4-5-7-14/h8-12,14,16H,3-7H2,1-2H3. The van der Waals surface area contributed by atoms with Gasteiger partial charge < -0.3 is 0 Å². The van der Waals surface area contributed by atoms with E-state index in [2.05, 4.69) is 18.6 Å². The van der Waals surface area contributed by atoms with Gasteiger partial charge in [0.15, 0.2) is 0 Å². The monoisotopic (exact) mass is 281 g/mol. The fourth-order valence-corrected chi connectivity index (χ4v) is 3.85. The van der Waals surface area contributed by atoms with Crippen molar-refractivity contribution in [2.45, 2.75) is 62.8 Å². The molecular weight excluding hydrogens is 258 g/mol. The Morgan fingerprint density at radius 3 is 2.32 bits per heavy atom. The highest BCUT2D eigenvalue weighted by molar-refractivity contribution is 7.89. The lowest BCUT2D eigenvalue weighted by Crippen LogP contribution is -2.32. The van der Waals surface area contributed by atoms with Gasteiger partial charge in [0.2, 0.25) is 10.0 Å². The third-order valence-electron chi connectivity index (χ3n) is 4.05. The van der Waals surface area contributed by atoms with Crippen molar-refractivity contribution in [3.63, 3.8) is 0 Å². The second kappa shape index (κ2) is 6.06. The number of benzene rings is 1. The summed E-state index contributed by atoms with van der Waals surface area (Å²) in [5, 5.41) is 0. The van der Waals surface area contributed by atoms with Crippen LogP contribution in [0.2, 0.25) is 0 Å². The quantitative estimate of drug-likeness (QED) is 0.899. The van der Waals surface area contributed by atoms with E-state index in [0.29, 0.717) is 10.8 Å². The van der Waals surface area contributed by atoms with Crippen LogP contribution in [0.3, 0.4) is 0 Å². The molecule has 1 aliphatic rings. The third kappa shape index (κ3) is 3.57. The minimum absolute atomic E-state index is 0.124. The maximum atomic E-state index is 12.2. The molecule has 4 heteroatoms. The van der Waals surface area contributed by atoms with E-state index in [0.717, 1.165) is 32.1 Å². The highest BCUT2D eigenvalue weighted by atomic mass is 32.2. The third-order valence-corrected chi connectivity index (χ3v) is 5.59. The smallest absolute Gasteiger partial charge is 0.208 e. The highest BCUT2D eigenvalue weighted by Gasteiger charge is 2.22. The van der Waals surface area contributed by atoms with Crippen molar-refractivity contribution in [1.29, 1.82) is 0 Å². The molecule has 3 nitrogen and oxygen atoms in total. The highest BCUT2D eigenvalue weighted by Crippen LogP contribution is 2.23. The van der Waals surface area contributed by atoms with Crippen molar-refractivity contribution in [2.24, 2.45) is 0 Å². The van der Waals surface area contributed by atoms with Crippen molar-refractivity contribution in [3.05, 3.63) is 29.8 Å². The summed E-state index contributed by atoms with van der Waals surface area (Å²) in [4.78, 5) is 0.381. The van der Waals surface area contributed by atoms with Crippen LogP contribution in [-0.4, -0.2) is 14.5 Å². The van der Waals surface area contributed by atoms with Crippen LogP contribution in [0, 0.1) is 0 Å². The first-order chi connectivity index (χ1) is 9.03. The summed E-state index contributed by atoms with van der Waals surface area (Å²) in [6.45, 7) is 4.29. The van der Waals surface area contributed by atoms with Crippen LogP contribution in [0.1, 0.15) is 57.4 Å². The van der Waals surface area contributed by atoms with E-state index in [9.17, 15) is 8.42 Å². The second-order valence-corrected chi connectivity index (χ2v) is 7.19. The van der Waals surface area contributed by atoms with Crippen LogP contribution < -0.4 is 4.72 Å². The van der Waals surface area contributed by atoms with Gasteiger partial charge in [0.1, 0.15) is 0 Å². The predicted molar refractivity (Wildman–Crippen MR) is 77.7 cm³/mol. The van der Waals surface area contributed by atoms with E-state index < -0.39 is 10.0 Å². The average molecular weight is 281 g/mol. The molecule has 1 aliphatic carbocycles. The Kier molecular flexibility index (Phi) is 4.63. The van der Waals surface area contributed by atoms with Gasteiger partial charge >= 0.3 is 0 Å². The lowest BCUT2D eigenvalue weighted by molar-refractivity contribution is 0.552. The second-order valence-electron chi connectivity index (χ2n) is 5.48. The Hall–Kier alpha value is -0.870. The van der Waals surface area contributed by atoms with Gasteiger partial charge in [0.05, 0.1) is 4.90 Å². The minimum Gasteiger partial charge on any atom is -0.208 e. The molecule has 1 N–H and O–H groups in total. The number of sulfonamides is 1. The fraction of sp³-hybridized carbons (Fsp3) is 0.600. The van der Waals surface area contributed by atoms with Gasteiger partial charge in [-0.05, 0) is 42.9 Å². The molecule has 106 valence electrons. The molecule has 2 rings (SSSR count). The number of hydrogen-bond donors (Lipinski definition) is 1. The van der Waals surface area contributed by atoms with E-state index in [4.69, 9.17) is 0 Å². The molecule has 0 spiro atoms. The van der Waals surface area contributed by atoms with Crippen LogP contribution in [0.25, 0.3) is 0 Å². The molecule has 1 atom stereocenters. The molecular formula is C15H23NO2S. The maximum Gasteiger partial charge on any atom is 0.240 e. The Balaban J connectivity index is 2.11. The molecule has 1 aromatic rings. The first-order valence-corrected chi connectivity index (χ1v) is 8.63. The molecule has 1 unspecified atom stereocenters. The van der Waals surface area contributed by atoms with Gasteiger partial charge in [0.25, 0.3) is 0 Å². The first-order valence-electron chi connectivity index (χ1n) is 7.15. The Morgan fingerprint density at radius 2 is 1.79 bits per heavy atom. The summed E-state index contributed by atoms with van der Waals surface area (Å²) in [5.74, 6) is 0.472. The Labute approximate surface area is 116 Å². The number of nitrogens with one attached hydrogen (secondary N) is 1. The average Bonchev–Trinajstić information content (AvgIpc) is 2.90. The van der Waals surface area contributed by atoms with Crippen molar-refractivity contribution in [2.75, 3.05) is 0 Å². The Bertz CT molecular complexity index is 501. The summed E-state index contributed by atoms with van der Waals surface area (Å²) in [5.41, 5.74) is 1.20. The summed E-state index contributed by atoms with van der Waals surface area (Å²) < 4.78 is 27.3. The largest absolute Gasteiger partial charge is 0.240 e. The molecule has 0 aliphatic heterocycles. The molecule has 0 aromatic heterocycles. The zero-order valence-electron chi connectivity index (χ0n) is 11.7. The molecule has 1 fully saturated rings. The van der Waals surface area contributed by atoms with Crippen molar-refractivity contribution >= 4 is 10.0 Å². The first kappa shape index (κ1) is 14.5. The molecule has 0 amide bonds. The number of hydrogen-bond acceptors (Lipinski definition) is 2. The maximum absolute atomic E-state index is 12.2. The Morgan fingerprint density at radius 1 is 1.21 bits per heavy atom. The van der Waals surface area contributed by atoms with Crippen molar-refractivity contribution in [3.8, 4) is 0 Å². The molecule has 0 bridgehead atoms. The molecule has 1 aromatic carbocycles. The van der Waals surface area contributed by atoms with Crippen molar-refractivity contribution < 1.29 is 8.42 Å². The zero-order valence-corrected chi connectivity index (χ0v) is 12.5. The van der Waals surface area contributed by atoms with Crippen LogP contribution in [0.4, 0.5) is 0 Å². The normalized spacial score (nSPS) is 18.6. The van der Waals surface area contributed by atoms with Gasteiger partial charge in [-0.2, -0.15) is 0 Å². The fourth-order valence-electron chi connectivity index (χ4n) is 2.54. The van der Waals surface area contributed by atoms with Gasteiger partial charge in [0, 0.05) is 6.04 Å². The van der Waals surface area contributed by atoms with E-state index >= 15 is 0 Å². The van der Waals surface area contributed by atoms with Gasteiger partial charge in [-0.1, -0.05) is 38.8 Å². The van der Waals surface area contributed by atoms with E-state index in [1.54, 1.807) is 12.1 Å². The molecule has 1 saturated carbocycles. The topological polar surface area (TPSA) is 46.2 Å². The zero-order chi connectivity index (χ0) is 13.9. The van der Waals surface area contributed by atoms with Gasteiger partial charge in [-0.25, -0.2) is 13.1 Å². The SMILES string of the molecule is CCC(C)c1ccc(S(=O)(=O)NC2CCCC2)cc1.